The van der Waals surface area contributed by atoms with Gasteiger partial charge in [-0.15, -0.1) is 0 Å². The van der Waals surface area contributed by atoms with E-state index in [0.717, 1.165) is 27.5 Å². The molecule has 3 aromatic heterocycles. The molecule has 0 spiro atoms. The van der Waals surface area contributed by atoms with E-state index >= 15 is 0 Å². The highest BCUT2D eigenvalue weighted by molar-refractivity contribution is 6.14. The Labute approximate surface area is 356 Å². The lowest BCUT2D eigenvalue weighted by Crippen LogP contribution is -1.97. The summed E-state index contributed by atoms with van der Waals surface area (Å²) in [5, 5.41) is 0.552. The molecule has 0 bridgehead atoms. The number of rotatable bonds is 5. The first kappa shape index (κ1) is 18.3. The first-order valence-corrected chi connectivity index (χ1v) is 18.1. The van der Waals surface area contributed by atoms with Crippen molar-refractivity contribution in [2.45, 2.75) is 0 Å². The van der Waals surface area contributed by atoms with Crippen molar-refractivity contribution in [2.75, 3.05) is 0 Å². The number of aromatic nitrogens is 3. The molecule has 9 aromatic carbocycles. The highest BCUT2D eigenvalue weighted by atomic mass is 15.0. The third-order valence-electron chi connectivity index (χ3n) is 10.4. The molecule has 3 heterocycles. The van der Waals surface area contributed by atoms with Crippen LogP contribution in [0.3, 0.4) is 0 Å². The molecule has 57 heavy (non-hydrogen) atoms. The van der Waals surface area contributed by atoms with Gasteiger partial charge < -0.3 is 13.7 Å². The zero-order valence-corrected chi connectivity index (χ0v) is 29.6. The van der Waals surface area contributed by atoms with Gasteiger partial charge in [0.05, 0.1) is 64.8 Å². The van der Waals surface area contributed by atoms with Crippen LogP contribution in [0.1, 0.15) is 26.0 Å². The molecule has 266 valence electrons. The van der Waals surface area contributed by atoms with Crippen molar-refractivity contribution >= 4 is 65.4 Å². The van der Waals surface area contributed by atoms with Crippen LogP contribution in [0.2, 0.25) is 0 Å². The summed E-state index contributed by atoms with van der Waals surface area (Å²) < 4.78 is 179. The second-order valence-corrected chi connectivity index (χ2v) is 13.5. The van der Waals surface area contributed by atoms with Crippen molar-refractivity contribution in [1.29, 1.82) is 0 Å². The van der Waals surface area contributed by atoms with Gasteiger partial charge in [-0.1, -0.05) is 133 Å². The van der Waals surface area contributed by atoms with Crippen molar-refractivity contribution in [2.24, 2.45) is 0 Å². The van der Waals surface area contributed by atoms with E-state index < -0.39 is 126 Å². The van der Waals surface area contributed by atoms with Crippen LogP contribution in [0.5, 0.6) is 0 Å². The smallest absolute Gasteiger partial charge is 0.0645 e. The molecular formula is C54H35N3. The molecule has 0 atom stereocenters. The summed E-state index contributed by atoms with van der Waals surface area (Å²) in [6.45, 7) is 0. The summed E-state index contributed by atoms with van der Waals surface area (Å²) in [5.41, 5.74) is 0.602. The second kappa shape index (κ2) is 12.5. The van der Waals surface area contributed by atoms with Crippen LogP contribution >= 0.6 is 0 Å². The van der Waals surface area contributed by atoms with E-state index in [9.17, 15) is 13.7 Å². The predicted octanol–water partition coefficient (Wildman–Crippen LogP) is 14.3. The monoisotopic (exact) mass is 744 g/mol. The molecule has 0 N–H and O–H groups in total. The van der Waals surface area contributed by atoms with Gasteiger partial charge in [-0.3, -0.25) is 0 Å². The van der Waals surface area contributed by atoms with Gasteiger partial charge >= 0.3 is 0 Å². The highest BCUT2D eigenvalue weighted by Crippen LogP contribution is 2.41. The zero-order chi connectivity index (χ0) is 54.0. The fourth-order valence-corrected chi connectivity index (χ4v) is 8.00. The molecule has 12 rings (SSSR count). The van der Waals surface area contributed by atoms with Gasteiger partial charge in [0.25, 0.3) is 0 Å². The molecule has 0 unspecified atom stereocenters. The minimum Gasteiger partial charge on any atom is -0.309 e. The Kier molecular flexibility index (Phi) is 4.01. The second-order valence-electron chi connectivity index (χ2n) is 13.5. The van der Waals surface area contributed by atoms with Crippen molar-refractivity contribution in [1.82, 2.24) is 13.7 Å². The average molecular weight is 745 g/mol. The molecule has 3 heteroatoms. The summed E-state index contributed by atoms with van der Waals surface area (Å²) in [7, 11) is 0. The maximum atomic E-state index is 10.0. The Hall–Kier alpha value is -7.62. The van der Waals surface area contributed by atoms with Gasteiger partial charge in [0.2, 0.25) is 0 Å². The van der Waals surface area contributed by atoms with E-state index in [2.05, 4.69) is 4.57 Å². The summed E-state index contributed by atoms with van der Waals surface area (Å²) in [6, 6.07) is 16.4. The standard InChI is InChI=1S/C54H35N3/c1-3-15-36(16-4-1)41-19-7-11-23-48(41)57-51-26-14-10-21-43(51)46-34-38(28-31-54(46)57)37-27-30-52-45(33-37)42-20-8-13-25-50(42)56(52)40-29-32-53-47(35-40)44-22-9-12-24-49(44)55(53)39-17-5-2-6-18-39/h1-35H/i1D,3D,4D,8D,10D,13D,14D,15D,16D,20D,21D,25D,26D,27D,28D,30D,31D,33D,34D. The average Bonchev–Trinajstić information content (AvgIpc) is 4.12. The van der Waals surface area contributed by atoms with E-state index in [-0.39, 0.29) is 60.4 Å². The lowest BCUT2D eigenvalue weighted by atomic mass is 10.0. The number of para-hydroxylation sites is 5. The van der Waals surface area contributed by atoms with Crippen LogP contribution in [-0.2, 0) is 0 Å². The van der Waals surface area contributed by atoms with Crippen LogP contribution in [0.25, 0.3) is 105 Å². The molecule has 3 nitrogen and oxygen atoms in total. The number of fused-ring (bicyclic) bond motifs is 9. The number of hydrogen-bond donors (Lipinski definition) is 0. The van der Waals surface area contributed by atoms with Crippen LogP contribution in [-0.4, -0.2) is 13.7 Å². The van der Waals surface area contributed by atoms with E-state index in [0.29, 0.717) is 5.69 Å². The van der Waals surface area contributed by atoms with Crippen molar-refractivity contribution < 1.29 is 26.0 Å². The molecule has 0 aliphatic rings. The Morgan fingerprint density at radius 1 is 0.316 bits per heavy atom. The van der Waals surface area contributed by atoms with Crippen LogP contribution in [0.4, 0.5) is 0 Å². The maximum absolute atomic E-state index is 10.0. The van der Waals surface area contributed by atoms with Gasteiger partial charge in [0, 0.05) is 49.3 Å². The first-order chi connectivity index (χ1) is 36.2. The van der Waals surface area contributed by atoms with E-state index in [4.69, 9.17) is 12.3 Å². The molecule has 0 aliphatic heterocycles. The van der Waals surface area contributed by atoms with Gasteiger partial charge in [-0.25, -0.2) is 0 Å². The van der Waals surface area contributed by atoms with Gasteiger partial charge in [0.1, 0.15) is 0 Å². The van der Waals surface area contributed by atoms with Crippen molar-refractivity contribution in [3.63, 3.8) is 0 Å². The molecule has 12 aromatic rings. The Bertz CT molecular complexity index is 4600. The van der Waals surface area contributed by atoms with Crippen LogP contribution in [0, 0.1) is 0 Å². The molecule has 0 fully saturated rings. The minimum absolute atomic E-state index is 0.0134. The third-order valence-corrected chi connectivity index (χ3v) is 10.4. The third kappa shape index (κ3) is 4.79. The molecule has 0 radical (unpaired) electrons. The topological polar surface area (TPSA) is 14.8 Å². The molecular weight excluding hydrogens is 691 g/mol. The number of nitrogens with zero attached hydrogens (tertiary/aromatic N) is 3. The molecule has 0 saturated carbocycles. The summed E-state index contributed by atoms with van der Waals surface area (Å²) in [5.74, 6) is 0. The quantitative estimate of drug-likeness (QED) is 0.167. The molecule has 0 saturated heterocycles. The van der Waals surface area contributed by atoms with Crippen molar-refractivity contribution in [3.8, 4) is 39.3 Å². The zero-order valence-electron chi connectivity index (χ0n) is 48.6. The highest BCUT2D eigenvalue weighted by Gasteiger charge is 2.19. The lowest BCUT2D eigenvalue weighted by molar-refractivity contribution is 1.17. The summed E-state index contributed by atoms with van der Waals surface area (Å²) in [4.78, 5) is 0. The van der Waals surface area contributed by atoms with Crippen LogP contribution < -0.4 is 0 Å². The summed E-state index contributed by atoms with van der Waals surface area (Å²) >= 11 is 0. The molecule has 0 amide bonds. The minimum atomic E-state index is -0.774. The predicted molar refractivity (Wildman–Crippen MR) is 240 cm³/mol. The van der Waals surface area contributed by atoms with E-state index in [1.54, 1.807) is 6.07 Å². The largest absolute Gasteiger partial charge is 0.309 e. The number of hydrogen-bond acceptors (Lipinski definition) is 0. The normalized spacial score (nSPS) is 16.5. The Balaban J connectivity index is 1.20. The first-order valence-electron chi connectivity index (χ1n) is 27.6. The van der Waals surface area contributed by atoms with Gasteiger partial charge in [-0.2, -0.15) is 0 Å². The van der Waals surface area contributed by atoms with Gasteiger partial charge in [0.15, 0.2) is 0 Å². The fraction of sp³-hybridized carbons (Fsp3) is 0. The van der Waals surface area contributed by atoms with Crippen molar-refractivity contribution in [3.05, 3.63) is 212 Å². The fourth-order valence-electron chi connectivity index (χ4n) is 8.00. The summed E-state index contributed by atoms with van der Waals surface area (Å²) in [6.07, 6.45) is 0. The van der Waals surface area contributed by atoms with E-state index in [1.807, 2.05) is 66.7 Å². The SMILES string of the molecule is [2H]c1c([2H])c([2H])c(-c2ccccc2-n2c3c([2H])c([2H])c([2H])c([2H])c3c3c([2H])c(-c4c([2H])c([2H])c5c(c4[2H])c4c([2H])c([2H])c([2H])c([2H])c4n5-c4ccc5c(c4)c4ccccc4n5-c4ccccc4)c([2H])c([2H])c32)c([2H])c1[2H]. The number of benzene rings is 9. The molecule has 0 aliphatic carbocycles. The van der Waals surface area contributed by atoms with Gasteiger partial charge in [-0.05, 0) is 95.4 Å². The Morgan fingerprint density at radius 2 is 0.877 bits per heavy atom. The van der Waals surface area contributed by atoms with E-state index in [1.165, 1.54) is 33.4 Å². The van der Waals surface area contributed by atoms with Crippen LogP contribution in [0.15, 0.2) is 212 Å². The lowest BCUT2D eigenvalue weighted by Gasteiger charge is -2.14. The Morgan fingerprint density at radius 3 is 1.63 bits per heavy atom. The maximum Gasteiger partial charge on any atom is 0.0645 e.